The molecule has 0 bridgehead atoms. The van der Waals surface area contributed by atoms with Crippen LogP contribution in [-0.2, 0) is 13.1 Å². The van der Waals surface area contributed by atoms with Crippen LogP contribution in [0.3, 0.4) is 0 Å². The molecule has 2 heterocycles. The lowest BCUT2D eigenvalue weighted by atomic mass is 10.1. The fraction of sp³-hybridized carbons (Fsp3) is 0.333. The first kappa shape index (κ1) is 12.1. The van der Waals surface area contributed by atoms with E-state index >= 15 is 0 Å². The number of benzene rings is 1. The second-order valence-electron chi connectivity index (χ2n) is 4.90. The number of anilines is 2. The molecule has 3 rings (SSSR count). The van der Waals surface area contributed by atoms with Gasteiger partial charge in [0.1, 0.15) is 11.5 Å². The Balaban J connectivity index is 1.84. The molecule has 0 fully saturated rings. The van der Waals surface area contributed by atoms with Crippen LogP contribution in [0.5, 0.6) is 0 Å². The maximum atomic E-state index is 5.70. The first-order valence-electron chi connectivity index (χ1n) is 6.60. The Morgan fingerprint density at radius 3 is 2.53 bits per heavy atom. The molecule has 4 heteroatoms. The fourth-order valence-electron chi connectivity index (χ4n) is 2.54. The van der Waals surface area contributed by atoms with E-state index in [4.69, 9.17) is 10.2 Å². The zero-order chi connectivity index (χ0) is 13.2. The minimum absolute atomic E-state index is 0.458. The van der Waals surface area contributed by atoms with Crippen molar-refractivity contribution in [1.29, 1.82) is 0 Å². The van der Waals surface area contributed by atoms with Crippen molar-refractivity contribution >= 4 is 11.4 Å². The van der Waals surface area contributed by atoms with Crippen LogP contribution in [0.15, 0.2) is 40.8 Å². The number of fused-ring (bicyclic) bond motifs is 1. The maximum Gasteiger partial charge on any atom is 0.123 e. The van der Waals surface area contributed by atoms with E-state index < -0.39 is 0 Å². The summed E-state index contributed by atoms with van der Waals surface area (Å²) >= 11 is 0. The third kappa shape index (κ3) is 2.31. The molecule has 0 aliphatic carbocycles. The van der Waals surface area contributed by atoms with Crippen molar-refractivity contribution in [1.82, 2.24) is 0 Å². The minimum atomic E-state index is 0.458. The van der Waals surface area contributed by atoms with Gasteiger partial charge in [-0.15, -0.1) is 0 Å². The van der Waals surface area contributed by atoms with E-state index in [1.165, 1.54) is 11.4 Å². The average Bonchev–Trinajstić information content (AvgIpc) is 2.90. The standard InChI is InChI=1S/C15H19N3O/c1-17-8-9-18(15-5-3-2-4-14(15)17)11-13-7-6-12(10-16)19-13/h2-7H,8-11,16H2,1H3. The summed E-state index contributed by atoms with van der Waals surface area (Å²) in [5.74, 6) is 1.82. The van der Waals surface area contributed by atoms with Gasteiger partial charge >= 0.3 is 0 Å². The van der Waals surface area contributed by atoms with Crippen LogP contribution in [-0.4, -0.2) is 20.1 Å². The summed E-state index contributed by atoms with van der Waals surface area (Å²) in [7, 11) is 2.13. The number of hydrogen-bond acceptors (Lipinski definition) is 4. The molecule has 2 N–H and O–H groups in total. The molecule has 19 heavy (non-hydrogen) atoms. The molecule has 1 aliphatic heterocycles. The average molecular weight is 257 g/mol. The lowest BCUT2D eigenvalue weighted by molar-refractivity contribution is 0.461. The summed E-state index contributed by atoms with van der Waals surface area (Å²) in [6.07, 6.45) is 0. The van der Waals surface area contributed by atoms with E-state index in [1.54, 1.807) is 0 Å². The molecule has 100 valence electrons. The van der Waals surface area contributed by atoms with E-state index in [9.17, 15) is 0 Å². The largest absolute Gasteiger partial charge is 0.463 e. The van der Waals surface area contributed by atoms with Gasteiger partial charge in [-0.2, -0.15) is 0 Å². The summed E-state index contributed by atoms with van der Waals surface area (Å²) < 4.78 is 5.70. The van der Waals surface area contributed by atoms with Crippen LogP contribution >= 0.6 is 0 Å². The number of rotatable bonds is 3. The molecule has 0 radical (unpaired) electrons. The van der Waals surface area contributed by atoms with Crippen LogP contribution in [0, 0.1) is 0 Å². The van der Waals surface area contributed by atoms with Crippen molar-refractivity contribution in [3.8, 4) is 0 Å². The Bertz CT molecular complexity index is 564. The van der Waals surface area contributed by atoms with Gasteiger partial charge in [-0.3, -0.25) is 0 Å². The first-order chi connectivity index (χ1) is 9.28. The second-order valence-corrected chi connectivity index (χ2v) is 4.90. The number of likely N-dealkylation sites (N-methyl/N-ethyl adjacent to an activating group) is 1. The van der Waals surface area contributed by atoms with Crippen molar-refractivity contribution in [3.63, 3.8) is 0 Å². The Hall–Kier alpha value is -1.94. The number of hydrogen-bond donors (Lipinski definition) is 1. The van der Waals surface area contributed by atoms with E-state index in [2.05, 4.69) is 41.1 Å². The Morgan fingerprint density at radius 1 is 1.05 bits per heavy atom. The molecule has 0 saturated carbocycles. The third-order valence-corrected chi connectivity index (χ3v) is 3.60. The third-order valence-electron chi connectivity index (χ3n) is 3.60. The van der Waals surface area contributed by atoms with Gasteiger partial charge < -0.3 is 20.0 Å². The molecular formula is C15H19N3O. The van der Waals surface area contributed by atoms with Gasteiger partial charge in [0.2, 0.25) is 0 Å². The van der Waals surface area contributed by atoms with Crippen molar-refractivity contribution in [3.05, 3.63) is 47.9 Å². The molecule has 1 aromatic heterocycles. The minimum Gasteiger partial charge on any atom is -0.463 e. The molecule has 0 saturated heterocycles. The monoisotopic (exact) mass is 257 g/mol. The maximum absolute atomic E-state index is 5.70. The normalized spacial score (nSPS) is 14.6. The zero-order valence-corrected chi connectivity index (χ0v) is 11.2. The molecule has 2 aromatic rings. The summed E-state index contributed by atoms with van der Waals surface area (Å²) in [6.45, 7) is 3.29. The number of nitrogens with two attached hydrogens (primary N) is 1. The molecule has 0 unspecified atom stereocenters. The highest BCUT2D eigenvalue weighted by Crippen LogP contribution is 2.32. The van der Waals surface area contributed by atoms with Gasteiger partial charge in [0.15, 0.2) is 0 Å². The van der Waals surface area contributed by atoms with E-state index in [1.807, 2.05) is 12.1 Å². The molecule has 0 spiro atoms. The van der Waals surface area contributed by atoms with Gasteiger partial charge in [0, 0.05) is 20.1 Å². The molecule has 1 aromatic carbocycles. The lowest BCUT2D eigenvalue weighted by Gasteiger charge is -2.36. The molecular weight excluding hydrogens is 238 g/mol. The fourth-order valence-corrected chi connectivity index (χ4v) is 2.54. The van der Waals surface area contributed by atoms with Crippen molar-refractivity contribution < 1.29 is 4.42 Å². The number of para-hydroxylation sites is 2. The highest BCUT2D eigenvalue weighted by atomic mass is 16.3. The van der Waals surface area contributed by atoms with Crippen molar-refractivity contribution in [2.45, 2.75) is 13.1 Å². The van der Waals surface area contributed by atoms with Crippen LogP contribution in [0.1, 0.15) is 11.5 Å². The SMILES string of the molecule is CN1CCN(Cc2ccc(CN)o2)c2ccccc21. The van der Waals surface area contributed by atoms with Gasteiger partial charge in [0.25, 0.3) is 0 Å². The van der Waals surface area contributed by atoms with E-state index in [0.717, 1.165) is 31.2 Å². The molecule has 1 aliphatic rings. The summed E-state index contributed by atoms with van der Waals surface area (Å²) in [6, 6.07) is 12.5. The number of furan rings is 1. The zero-order valence-electron chi connectivity index (χ0n) is 11.2. The highest BCUT2D eigenvalue weighted by molar-refractivity contribution is 5.72. The summed E-state index contributed by atoms with van der Waals surface area (Å²) in [5, 5.41) is 0. The molecule has 0 atom stereocenters. The molecule has 4 nitrogen and oxygen atoms in total. The van der Waals surface area contributed by atoms with Crippen molar-refractivity contribution in [2.75, 3.05) is 29.9 Å². The van der Waals surface area contributed by atoms with Gasteiger partial charge in [-0.05, 0) is 24.3 Å². The van der Waals surface area contributed by atoms with E-state index in [0.29, 0.717) is 6.54 Å². The van der Waals surface area contributed by atoms with Crippen LogP contribution in [0.25, 0.3) is 0 Å². The Labute approximate surface area is 113 Å². The Morgan fingerprint density at radius 2 is 1.79 bits per heavy atom. The van der Waals surface area contributed by atoms with Gasteiger partial charge in [-0.25, -0.2) is 0 Å². The topological polar surface area (TPSA) is 45.6 Å². The van der Waals surface area contributed by atoms with E-state index in [-0.39, 0.29) is 0 Å². The highest BCUT2D eigenvalue weighted by Gasteiger charge is 2.20. The summed E-state index contributed by atoms with van der Waals surface area (Å²) in [5.41, 5.74) is 8.12. The van der Waals surface area contributed by atoms with Crippen molar-refractivity contribution in [2.24, 2.45) is 5.73 Å². The summed E-state index contributed by atoms with van der Waals surface area (Å²) in [4.78, 5) is 4.65. The lowest BCUT2D eigenvalue weighted by Crippen LogP contribution is -2.38. The number of nitrogens with zero attached hydrogens (tertiary/aromatic N) is 2. The Kier molecular flexibility index (Phi) is 3.17. The first-order valence-corrected chi connectivity index (χ1v) is 6.60. The van der Waals surface area contributed by atoms with Crippen LogP contribution in [0.2, 0.25) is 0 Å². The molecule has 0 amide bonds. The van der Waals surface area contributed by atoms with Gasteiger partial charge in [0.05, 0.1) is 24.5 Å². The second kappa shape index (κ2) is 4.97. The van der Waals surface area contributed by atoms with Gasteiger partial charge in [-0.1, -0.05) is 12.1 Å². The predicted molar refractivity (Wildman–Crippen MR) is 77.4 cm³/mol. The van der Waals surface area contributed by atoms with Crippen LogP contribution in [0.4, 0.5) is 11.4 Å². The van der Waals surface area contributed by atoms with Crippen LogP contribution < -0.4 is 15.5 Å². The predicted octanol–water partition coefficient (Wildman–Crippen LogP) is 2.19. The quantitative estimate of drug-likeness (QED) is 0.915. The smallest absolute Gasteiger partial charge is 0.123 e.